The lowest BCUT2D eigenvalue weighted by Crippen LogP contribution is -2.02. The van der Waals surface area contributed by atoms with Gasteiger partial charge in [0.1, 0.15) is 5.15 Å². The van der Waals surface area contributed by atoms with Gasteiger partial charge in [-0.25, -0.2) is 4.98 Å². The molecule has 0 atom stereocenters. The van der Waals surface area contributed by atoms with Crippen molar-refractivity contribution in [3.63, 3.8) is 0 Å². The first-order chi connectivity index (χ1) is 4.63. The van der Waals surface area contributed by atoms with Crippen LogP contribution in [0.25, 0.3) is 0 Å². The van der Waals surface area contributed by atoms with E-state index in [1.165, 1.54) is 13.1 Å². The molecule has 0 aliphatic carbocycles. The summed E-state index contributed by atoms with van der Waals surface area (Å²) in [6, 6.07) is 0. The largest absolute Gasteiger partial charge is 0.316 e. The normalized spacial score (nSPS) is 9.90. The van der Waals surface area contributed by atoms with Gasteiger partial charge in [-0.15, -0.1) is 0 Å². The summed E-state index contributed by atoms with van der Waals surface area (Å²) in [5, 5.41) is 0.477. The SMILES string of the molecule is CC(=O)c1ncc(Cl)n1C. The van der Waals surface area contributed by atoms with E-state index < -0.39 is 0 Å². The highest BCUT2D eigenvalue weighted by molar-refractivity contribution is 6.29. The van der Waals surface area contributed by atoms with Crippen molar-refractivity contribution in [2.75, 3.05) is 0 Å². The summed E-state index contributed by atoms with van der Waals surface area (Å²) in [4.78, 5) is 14.5. The average molecular weight is 159 g/mol. The van der Waals surface area contributed by atoms with E-state index in [9.17, 15) is 4.79 Å². The highest BCUT2D eigenvalue weighted by atomic mass is 35.5. The van der Waals surface area contributed by atoms with E-state index in [0.717, 1.165) is 0 Å². The van der Waals surface area contributed by atoms with E-state index in [4.69, 9.17) is 11.6 Å². The molecule has 1 heterocycles. The van der Waals surface area contributed by atoms with Crippen molar-refractivity contribution in [2.45, 2.75) is 6.92 Å². The first kappa shape index (κ1) is 7.28. The first-order valence-corrected chi connectivity index (χ1v) is 3.19. The number of carbonyl (C=O) groups is 1. The zero-order chi connectivity index (χ0) is 7.72. The maximum Gasteiger partial charge on any atom is 0.195 e. The second-order valence-corrected chi connectivity index (χ2v) is 2.41. The van der Waals surface area contributed by atoms with Crippen LogP contribution in [0.4, 0.5) is 0 Å². The Balaban J connectivity index is 3.17. The number of carbonyl (C=O) groups excluding carboxylic acids is 1. The van der Waals surface area contributed by atoms with Crippen molar-refractivity contribution in [3.05, 3.63) is 17.2 Å². The van der Waals surface area contributed by atoms with E-state index in [-0.39, 0.29) is 5.78 Å². The molecule has 0 saturated heterocycles. The molecule has 0 amide bonds. The van der Waals surface area contributed by atoms with E-state index >= 15 is 0 Å². The van der Waals surface area contributed by atoms with Gasteiger partial charge in [-0.1, -0.05) is 11.6 Å². The Morgan fingerprint density at radius 1 is 1.80 bits per heavy atom. The molecule has 0 saturated carbocycles. The number of hydrogen-bond acceptors (Lipinski definition) is 2. The van der Waals surface area contributed by atoms with Crippen LogP contribution < -0.4 is 0 Å². The van der Waals surface area contributed by atoms with Crippen LogP contribution in [-0.2, 0) is 7.05 Å². The molecule has 54 valence electrons. The van der Waals surface area contributed by atoms with Gasteiger partial charge >= 0.3 is 0 Å². The standard InChI is InChI=1S/C6H7ClN2O/c1-4(10)6-8-3-5(7)9(6)2/h3H,1-2H3. The van der Waals surface area contributed by atoms with Crippen molar-refractivity contribution < 1.29 is 4.79 Å². The lowest BCUT2D eigenvalue weighted by Gasteiger charge is -1.95. The average Bonchev–Trinajstić information content (AvgIpc) is 2.14. The van der Waals surface area contributed by atoms with Crippen LogP contribution in [-0.4, -0.2) is 15.3 Å². The molecular weight excluding hydrogens is 152 g/mol. The van der Waals surface area contributed by atoms with Crippen LogP contribution in [0.5, 0.6) is 0 Å². The van der Waals surface area contributed by atoms with E-state index in [1.807, 2.05) is 0 Å². The number of ketones is 1. The van der Waals surface area contributed by atoms with Crippen LogP contribution in [0, 0.1) is 0 Å². The summed E-state index contributed by atoms with van der Waals surface area (Å²) >= 11 is 5.62. The molecule has 0 radical (unpaired) electrons. The maximum atomic E-state index is 10.7. The predicted molar refractivity (Wildman–Crippen MR) is 38.2 cm³/mol. The lowest BCUT2D eigenvalue weighted by molar-refractivity contribution is 0.100. The Labute approximate surface area is 63.6 Å². The Hall–Kier alpha value is -0.830. The van der Waals surface area contributed by atoms with Gasteiger partial charge in [0.2, 0.25) is 0 Å². The summed E-state index contributed by atoms with van der Waals surface area (Å²) < 4.78 is 1.55. The van der Waals surface area contributed by atoms with Crippen molar-refractivity contribution in [2.24, 2.45) is 7.05 Å². The van der Waals surface area contributed by atoms with Gasteiger partial charge in [0, 0.05) is 14.0 Å². The third-order valence-electron chi connectivity index (χ3n) is 1.25. The summed E-state index contributed by atoms with van der Waals surface area (Å²) in [6.45, 7) is 1.46. The van der Waals surface area contributed by atoms with Crippen LogP contribution in [0.2, 0.25) is 5.15 Å². The minimum absolute atomic E-state index is 0.0746. The molecule has 1 rings (SSSR count). The summed E-state index contributed by atoms with van der Waals surface area (Å²) in [5.41, 5.74) is 0. The Morgan fingerprint density at radius 3 is 2.60 bits per heavy atom. The van der Waals surface area contributed by atoms with Crippen LogP contribution in [0.15, 0.2) is 6.20 Å². The number of hydrogen-bond donors (Lipinski definition) is 0. The maximum absolute atomic E-state index is 10.7. The van der Waals surface area contributed by atoms with Gasteiger partial charge < -0.3 is 4.57 Å². The summed E-state index contributed by atoms with van der Waals surface area (Å²) in [7, 11) is 1.70. The number of imidazole rings is 1. The number of nitrogens with zero attached hydrogens (tertiary/aromatic N) is 2. The molecule has 0 aliphatic heterocycles. The minimum atomic E-state index is -0.0746. The Kier molecular flexibility index (Phi) is 1.76. The molecule has 0 bridgehead atoms. The molecule has 3 nitrogen and oxygen atoms in total. The van der Waals surface area contributed by atoms with Gasteiger partial charge in [-0.05, 0) is 0 Å². The Morgan fingerprint density at radius 2 is 2.40 bits per heavy atom. The molecule has 1 aromatic heterocycles. The van der Waals surface area contributed by atoms with Crippen LogP contribution in [0.1, 0.15) is 17.5 Å². The third kappa shape index (κ3) is 1.04. The van der Waals surface area contributed by atoms with Crippen molar-refractivity contribution in [1.29, 1.82) is 0 Å². The molecule has 1 aromatic rings. The zero-order valence-electron chi connectivity index (χ0n) is 5.76. The molecule has 0 aliphatic rings. The van der Waals surface area contributed by atoms with Crippen molar-refractivity contribution in [3.8, 4) is 0 Å². The van der Waals surface area contributed by atoms with E-state index in [1.54, 1.807) is 11.6 Å². The second kappa shape index (κ2) is 2.42. The number of halogens is 1. The molecule has 0 fully saturated rings. The lowest BCUT2D eigenvalue weighted by atomic mass is 10.4. The fraction of sp³-hybridized carbons (Fsp3) is 0.333. The number of rotatable bonds is 1. The number of Topliss-reactive ketones (excluding diaryl/α,β-unsaturated/α-hetero) is 1. The highest BCUT2D eigenvalue weighted by Crippen LogP contribution is 2.08. The minimum Gasteiger partial charge on any atom is -0.316 e. The smallest absolute Gasteiger partial charge is 0.195 e. The van der Waals surface area contributed by atoms with Crippen molar-refractivity contribution in [1.82, 2.24) is 9.55 Å². The molecule has 0 spiro atoms. The first-order valence-electron chi connectivity index (χ1n) is 2.81. The van der Waals surface area contributed by atoms with Gasteiger partial charge in [0.05, 0.1) is 6.20 Å². The van der Waals surface area contributed by atoms with E-state index in [0.29, 0.717) is 11.0 Å². The Bertz CT molecular complexity index is 267. The molecule has 0 N–H and O–H groups in total. The topological polar surface area (TPSA) is 34.9 Å². The highest BCUT2D eigenvalue weighted by Gasteiger charge is 2.07. The second-order valence-electron chi connectivity index (χ2n) is 2.02. The molecular formula is C6H7ClN2O. The fourth-order valence-electron chi connectivity index (χ4n) is 0.716. The number of aromatic nitrogens is 2. The molecule has 0 aromatic carbocycles. The van der Waals surface area contributed by atoms with E-state index in [2.05, 4.69) is 4.98 Å². The van der Waals surface area contributed by atoms with Gasteiger partial charge in [0.15, 0.2) is 11.6 Å². The van der Waals surface area contributed by atoms with Gasteiger partial charge in [-0.2, -0.15) is 0 Å². The van der Waals surface area contributed by atoms with Crippen LogP contribution >= 0.6 is 11.6 Å². The summed E-state index contributed by atoms with van der Waals surface area (Å²) in [6.07, 6.45) is 1.46. The molecule has 4 heteroatoms. The monoisotopic (exact) mass is 158 g/mol. The van der Waals surface area contributed by atoms with Crippen LogP contribution in [0.3, 0.4) is 0 Å². The zero-order valence-corrected chi connectivity index (χ0v) is 6.51. The molecule has 0 unspecified atom stereocenters. The quantitative estimate of drug-likeness (QED) is 0.577. The van der Waals surface area contributed by atoms with Gasteiger partial charge in [0.25, 0.3) is 0 Å². The summed E-state index contributed by atoms with van der Waals surface area (Å²) in [5.74, 6) is 0.319. The fourth-order valence-corrected chi connectivity index (χ4v) is 0.845. The van der Waals surface area contributed by atoms with Crippen molar-refractivity contribution >= 4 is 17.4 Å². The molecule has 10 heavy (non-hydrogen) atoms. The predicted octanol–water partition coefficient (Wildman–Crippen LogP) is 1.28. The third-order valence-corrected chi connectivity index (χ3v) is 1.60. The van der Waals surface area contributed by atoms with Gasteiger partial charge in [-0.3, -0.25) is 4.79 Å².